The molecule has 1 N–H and O–H groups in total. The Balaban J connectivity index is 1.23. The number of hydrogen-bond acceptors (Lipinski definition) is 4. The van der Waals surface area contributed by atoms with Crippen molar-refractivity contribution in [1.29, 1.82) is 0 Å². The fourth-order valence-corrected chi connectivity index (χ4v) is 5.92. The molecule has 3 atom stereocenters. The van der Waals surface area contributed by atoms with E-state index in [9.17, 15) is 14.7 Å². The van der Waals surface area contributed by atoms with E-state index in [0.29, 0.717) is 47.2 Å². The number of carbonyl (C=O) groups is 2. The molecule has 0 saturated heterocycles. The van der Waals surface area contributed by atoms with Crippen molar-refractivity contribution in [2.45, 2.75) is 50.5 Å². The van der Waals surface area contributed by atoms with Crippen LogP contribution in [0.1, 0.15) is 76.9 Å². The lowest BCUT2D eigenvalue weighted by Crippen LogP contribution is -2.39. The number of fused-ring (bicyclic) bond motifs is 2. The summed E-state index contributed by atoms with van der Waals surface area (Å²) < 4.78 is 17.1. The number of carbonyl (C=O) groups excluding carboxylic acids is 1. The van der Waals surface area contributed by atoms with E-state index in [1.54, 1.807) is 18.3 Å². The predicted molar refractivity (Wildman–Crippen MR) is 138 cm³/mol. The van der Waals surface area contributed by atoms with Crippen LogP contribution in [0.4, 0.5) is 4.39 Å². The molecule has 2 saturated carbocycles. The van der Waals surface area contributed by atoms with Crippen LogP contribution in [0.2, 0.25) is 0 Å². The van der Waals surface area contributed by atoms with Crippen LogP contribution in [-0.2, 0) is 11.2 Å². The number of aromatic nitrogens is 3. The van der Waals surface area contributed by atoms with Crippen molar-refractivity contribution in [2.75, 3.05) is 6.54 Å². The minimum absolute atomic E-state index is 0.0510. The van der Waals surface area contributed by atoms with Gasteiger partial charge in [0.15, 0.2) is 0 Å². The molecule has 4 aromatic rings. The zero-order chi connectivity index (χ0) is 26.1. The van der Waals surface area contributed by atoms with Gasteiger partial charge in [0.1, 0.15) is 11.5 Å². The molecule has 7 rings (SSSR count). The molecule has 1 unspecified atom stereocenters. The van der Waals surface area contributed by atoms with Gasteiger partial charge in [0.25, 0.3) is 5.91 Å². The number of aliphatic carboxylic acids is 1. The minimum atomic E-state index is -0.841. The van der Waals surface area contributed by atoms with Crippen molar-refractivity contribution < 1.29 is 19.1 Å². The first-order valence-corrected chi connectivity index (χ1v) is 13.2. The van der Waals surface area contributed by atoms with Crippen LogP contribution in [-0.4, -0.2) is 42.8 Å². The van der Waals surface area contributed by atoms with Crippen LogP contribution in [0.25, 0.3) is 17.0 Å². The van der Waals surface area contributed by atoms with Crippen molar-refractivity contribution >= 4 is 17.7 Å². The molecule has 192 valence electrons. The molecule has 2 aromatic heterocycles. The van der Waals surface area contributed by atoms with Gasteiger partial charge in [-0.1, -0.05) is 30.3 Å². The van der Waals surface area contributed by atoms with E-state index in [-0.39, 0.29) is 17.9 Å². The molecule has 2 aromatic carbocycles. The third-order valence-electron chi connectivity index (χ3n) is 8.35. The van der Waals surface area contributed by atoms with Crippen LogP contribution in [0.5, 0.6) is 0 Å². The fraction of sp³-hybridized carbons (Fsp3) is 0.333. The van der Waals surface area contributed by atoms with Gasteiger partial charge in [-0.3, -0.25) is 14.0 Å². The Hall–Kier alpha value is -4.07. The van der Waals surface area contributed by atoms with Crippen molar-refractivity contribution in [3.8, 4) is 11.3 Å². The maximum absolute atomic E-state index is 15.2. The number of benzene rings is 2. The summed E-state index contributed by atoms with van der Waals surface area (Å²) in [4.78, 5) is 36.1. The summed E-state index contributed by atoms with van der Waals surface area (Å²) in [6.45, 7) is 2.68. The molecule has 3 heterocycles. The Labute approximate surface area is 219 Å². The van der Waals surface area contributed by atoms with E-state index >= 15 is 4.39 Å². The predicted octanol–water partition coefficient (Wildman–Crippen LogP) is 5.36. The number of carboxylic acid groups (broad SMARTS) is 1. The number of hydrogen-bond donors (Lipinski definition) is 1. The van der Waals surface area contributed by atoms with E-state index in [0.717, 1.165) is 25.0 Å². The van der Waals surface area contributed by atoms with Gasteiger partial charge >= 0.3 is 5.97 Å². The third kappa shape index (κ3) is 3.78. The highest BCUT2D eigenvalue weighted by molar-refractivity contribution is 5.93. The Morgan fingerprint density at radius 1 is 1.08 bits per heavy atom. The number of imidazole rings is 1. The quantitative estimate of drug-likeness (QED) is 0.391. The average Bonchev–Trinajstić information content (AvgIpc) is 3.84. The van der Waals surface area contributed by atoms with Gasteiger partial charge in [0.05, 0.1) is 17.7 Å². The van der Waals surface area contributed by atoms with E-state index in [1.807, 2.05) is 27.5 Å². The molecule has 2 fully saturated rings. The molecular weight excluding hydrogens is 483 g/mol. The standard InChI is InChI=1S/C30H27FN4O3/c1-16-20-5-3-2-4-17(20)10-11-34(16)28(36)25-14-27(18-6-7-18)35-15-26(33-30(35)32-25)21-9-8-19(12-24(21)31)22-13-23(22)29(37)38/h2-5,8-9,12,14-16,18,22-23H,6-7,10-11,13H2,1H3,(H,37,38)/t16-,22?,23-/m1/s1. The SMILES string of the molecule is C[C@@H]1c2ccccc2CCN1C(=O)c1cc(C2CC2)n2cc(-c3ccc(C4C[C@H]4C(=O)O)cc3F)nc2n1. The summed E-state index contributed by atoms with van der Waals surface area (Å²) in [5.41, 5.74) is 5.26. The van der Waals surface area contributed by atoms with E-state index in [2.05, 4.69) is 29.0 Å². The number of rotatable bonds is 5. The van der Waals surface area contributed by atoms with Gasteiger partial charge in [-0.25, -0.2) is 14.4 Å². The fourth-order valence-electron chi connectivity index (χ4n) is 5.92. The summed E-state index contributed by atoms with van der Waals surface area (Å²) in [5, 5.41) is 9.21. The normalized spacial score (nSPS) is 22.4. The van der Waals surface area contributed by atoms with Gasteiger partial charge in [0.2, 0.25) is 5.78 Å². The summed E-state index contributed by atoms with van der Waals surface area (Å²) in [6, 6.07) is 14.9. The third-order valence-corrected chi connectivity index (χ3v) is 8.35. The number of amides is 1. The highest BCUT2D eigenvalue weighted by Gasteiger charge is 2.44. The monoisotopic (exact) mass is 510 g/mol. The van der Waals surface area contributed by atoms with Gasteiger partial charge in [-0.05, 0) is 79.3 Å². The Morgan fingerprint density at radius 2 is 1.89 bits per heavy atom. The molecule has 1 aliphatic heterocycles. The second-order valence-corrected chi connectivity index (χ2v) is 10.8. The summed E-state index contributed by atoms with van der Waals surface area (Å²) >= 11 is 0. The summed E-state index contributed by atoms with van der Waals surface area (Å²) in [7, 11) is 0. The van der Waals surface area contributed by atoms with E-state index in [1.165, 1.54) is 17.2 Å². The molecule has 2 aliphatic carbocycles. The average molecular weight is 511 g/mol. The highest BCUT2D eigenvalue weighted by atomic mass is 19.1. The molecule has 1 amide bonds. The molecule has 3 aliphatic rings. The number of carboxylic acids is 1. The Kier molecular flexibility index (Phi) is 5.15. The van der Waals surface area contributed by atoms with Crippen LogP contribution in [0.15, 0.2) is 54.7 Å². The van der Waals surface area contributed by atoms with Crippen LogP contribution in [0.3, 0.4) is 0 Å². The van der Waals surface area contributed by atoms with Crippen molar-refractivity contribution in [2.24, 2.45) is 5.92 Å². The minimum Gasteiger partial charge on any atom is -0.481 e. The molecule has 8 heteroatoms. The number of nitrogens with zero attached hydrogens (tertiary/aromatic N) is 4. The number of halogens is 1. The van der Waals surface area contributed by atoms with Gasteiger partial charge in [-0.2, -0.15) is 0 Å². The summed E-state index contributed by atoms with van der Waals surface area (Å²) in [6.07, 6.45) is 5.20. The van der Waals surface area contributed by atoms with Gasteiger partial charge < -0.3 is 10.0 Å². The maximum Gasteiger partial charge on any atom is 0.307 e. The largest absolute Gasteiger partial charge is 0.481 e. The zero-order valence-corrected chi connectivity index (χ0v) is 21.0. The second kappa shape index (κ2) is 8.48. The van der Waals surface area contributed by atoms with Crippen LogP contribution >= 0.6 is 0 Å². The Bertz CT molecular complexity index is 1630. The molecule has 0 bridgehead atoms. The molecule has 0 spiro atoms. The summed E-state index contributed by atoms with van der Waals surface area (Å²) in [5.74, 6) is -1.27. The van der Waals surface area contributed by atoms with Crippen LogP contribution < -0.4 is 0 Å². The lowest BCUT2D eigenvalue weighted by molar-refractivity contribution is -0.138. The smallest absolute Gasteiger partial charge is 0.307 e. The first-order chi connectivity index (χ1) is 18.4. The second-order valence-electron chi connectivity index (χ2n) is 10.8. The molecule has 7 nitrogen and oxygen atoms in total. The van der Waals surface area contributed by atoms with Gasteiger partial charge in [-0.15, -0.1) is 0 Å². The first-order valence-electron chi connectivity index (χ1n) is 13.2. The lowest BCUT2D eigenvalue weighted by atomic mass is 9.93. The van der Waals surface area contributed by atoms with Gasteiger partial charge in [0, 0.05) is 24.0 Å². The molecular formula is C30H27FN4O3. The Morgan fingerprint density at radius 3 is 2.63 bits per heavy atom. The van der Waals surface area contributed by atoms with Crippen LogP contribution in [0, 0.1) is 11.7 Å². The zero-order valence-electron chi connectivity index (χ0n) is 21.0. The molecule has 0 radical (unpaired) electrons. The van der Waals surface area contributed by atoms with Crippen molar-refractivity contribution in [3.05, 3.63) is 88.6 Å². The maximum atomic E-state index is 15.2. The highest BCUT2D eigenvalue weighted by Crippen LogP contribution is 2.48. The molecule has 38 heavy (non-hydrogen) atoms. The lowest BCUT2D eigenvalue weighted by Gasteiger charge is -2.35. The first kappa shape index (κ1) is 23.1. The topological polar surface area (TPSA) is 87.8 Å². The van der Waals surface area contributed by atoms with Crippen molar-refractivity contribution in [1.82, 2.24) is 19.3 Å². The van der Waals surface area contributed by atoms with E-state index < -0.39 is 17.7 Å². The van der Waals surface area contributed by atoms with Crippen molar-refractivity contribution in [3.63, 3.8) is 0 Å². The van der Waals surface area contributed by atoms with E-state index in [4.69, 9.17) is 0 Å².